The largest absolute Gasteiger partial charge is 0.298 e. The summed E-state index contributed by atoms with van der Waals surface area (Å²) in [5, 5.41) is 13.8. The number of thiazole rings is 1. The van der Waals surface area contributed by atoms with Crippen LogP contribution in [-0.2, 0) is 10.0 Å². The standard InChI is InChI=1S/C19H20N4O5S2/c1-3-4-11-22(2)30(27,28)15-8-5-13(6-9-15)18(24)21-19-20-16-10-7-14(23(25)26)12-17(16)29-19/h5-10,12H,3-4,11H2,1-2H3,(H,20,21,24). The minimum atomic E-state index is -3.60. The van der Waals surface area contributed by atoms with Crippen molar-refractivity contribution in [1.29, 1.82) is 0 Å². The Labute approximate surface area is 177 Å². The van der Waals surface area contributed by atoms with Crippen LogP contribution in [0.4, 0.5) is 10.8 Å². The zero-order valence-electron chi connectivity index (χ0n) is 16.4. The Morgan fingerprint density at radius 1 is 1.23 bits per heavy atom. The molecule has 3 aromatic rings. The Morgan fingerprint density at radius 3 is 2.57 bits per heavy atom. The van der Waals surface area contributed by atoms with Gasteiger partial charge < -0.3 is 0 Å². The van der Waals surface area contributed by atoms with E-state index in [2.05, 4.69) is 10.3 Å². The fraction of sp³-hybridized carbons (Fsp3) is 0.263. The van der Waals surface area contributed by atoms with Crippen molar-refractivity contribution in [1.82, 2.24) is 9.29 Å². The van der Waals surface area contributed by atoms with Gasteiger partial charge in [0.25, 0.3) is 11.6 Å². The summed E-state index contributed by atoms with van der Waals surface area (Å²) in [5.74, 6) is -0.452. The van der Waals surface area contributed by atoms with E-state index in [1.807, 2.05) is 6.92 Å². The van der Waals surface area contributed by atoms with Crippen LogP contribution in [0.5, 0.6) is 0 Å². The molecule has 9 nitrogen and oxygen atoms in total. The van der Waals surface area contributed by atoms with Gasteiger partial charge in [0.15, 0.2) is 5.13 Å². The molecule has 0 radical (unpaired) electrons. The number of aromatic nitrogens is 1. The topological polar surface area (TPSA) is 123 Å². The van der Waals surface area contributed by atoms with E-state index in [4.69, 9.17) is 0 Å². The van der Waals surface area contributed by atoms with Crippen LogP contribution in [-0.4, -0.2) is 42.1 Å². The highest BCUT2D eigenvalue weighted by molar-refractivity contribution is 7.89. The van der Waals surface area contributed by atoms with Crippen molar-refractivity contribution in [2.24, 2.45) is 0 Å². The molecule has 1 N–H and O–H groups in total. The molecule has 2 aromatic carbocycles. The SMILES string of the molecule is CCCCN(C)S(=O)(=O)c1ccc(C(=O)Nc2nc3ccc([N+](=O)[O-])cc3s2)cc1. The molecule has 1 heterocycles. The molecule has 1 aromatic heterocycles. The summed E-state index contributed by atoms with van der Waals surface area (Å²) in [7, 11) is -2.07. The normalized spacial score (nSPS) is 11.7. The molecule has 0 atom stereocenters. The third kappa shape index (κ3) is 4.64. The summed E-state index contributed by atoms with van der Waals surface area (Å²) in [4.78, 5) is 27.2. The maximum Gasteiger partial charge on any atom is 0.270 e. The van der Waals surface area contributed by atoms with E-state index in [0.29, 0.717) is 21.9 Å². The number of benzene rings is 2. The quantitative estimate of drug-likeness (QED) is 0.412. The first-order valence-corrected chi connectivity index (χ1v) is 11.4. The van der Waals surface area contributed by atoms with E-state index in [9.17, 15) is 23.3 Å². The number of non-ortho nitro benzene ring substituents is 1. The molecule has 0 saturated heterocycles. The molecule has 0 spiro atoms. The summed E-state index contributed by atoms with van der Waals surface area (Å²) in [6.07, 6.45) is 1.65. The Kier molecular flexibility index (Phi) is 6.44. The molecule has 158 valence electrons. The molecule has 0 aliphatic carbocycles. The summed E-state index contributed by atoms with van der Waals surface area (Å²) in [6, 6.07) is 9.95. The molecule has 30 heavy (non-hydrogen) atoms. The van der Waals surface area contributed by atoms with Gasteiger partial charge in [-0.25, -0.2) is 17.7 Å². The number of rotatable bonds is 8. The Bertz CT molecular complexity index is 1190. The number of fused-ring (bicyclic) bond motifs is 1. The third-order valence-electron chi connectivity index (χ3n) is 4.45. The van der Waals surface area contributed by atoms with Crippen LogP contribution in [0, 0.1) is 10.1 Å². The lowest BCUT2D eigenvalue weighted by molar-refractivity contribution is -0.384. The molecule has 0 saturated carbocycles. The molecule has 0 aliphatic heterocycles. The summed E-state index contributed by atoms with van der Waals surface area (Å²) < 4.78 is 27.0. The van der Waals surface area contributed by atoms with E-state index in [0.717, 1.165) is 24.2 Å². The number of nitro groups is 1. The van der Waals surface area contributed by atoms with Crippen molar-refractivity contribution < 1.29 is 18.1 Å². The number of hydrogen-bond acceptors (Lipinski definition) is 7. The predicted molar refractivity (Wildman–Crippen MR) is 115 cm³/mol. The zero-order chi connectivity index (χ0) is 21.9. The van der Waals surface area contributed by atoms with Crippen LogP contribution in [0.1, 0.15) is 30.1 Å². The Balaban J connectivity index is 1.75. The van der Waals surface area contributed by atoms with Gasteiger partial charge in [-0.1, -0.05) is 24.7 Å². The van der Waals surface area contributed by atoms with Gasteiger partial charge in [-0.05, 0) is 36.8 Å². The molecule has 0 aliphatic rings. The second-order valence-corrected chi connectivity index (χ2v) is 9.66. The summed E-state index contributed by atoms with van der Waals surface area (Å²) in [6.45, 7) is 2.41. The molecule has 0 fully saturated rings. The van der Waals surface area contributed by atoms with Crippen LogP contribution in [0.15, 0.2) is 47.4 Å². The maximum absolute atomic E-state index is 12.6. The van der Waals surface area contributed by atoms with Crippen molar-refractivity contribution >= 4 is 48.3 Å². The van der Waals surface area contributed by atoms with E-state index < -0.39 is 20.9 Å². The van der Waals surface area contributed by atoms with E-state index in [1.54, 1.807) is 0 Å². The number of carbonyl (C=O) groups excluding carboxylic acids is 1. The molecule has 0 bridgehead atoms. The van der Waals surface area contributed by atoms with E-state index in [-0.39, 0.29) is 16.1 Å². The fourth-order valence-electron chi connectivity index (χ4n) is 2.71. The highest BCUT2D eigenvalue weighted by Gasteiger charge is 2.21. The molecule has 11 heteroatoms. The number of amides is 1. The first-order chi connectivity index (χ1) is 14.2. The minimum Gasteiger partial charge on any atom is -0.298 e. The van der Waals surface area contributed by atoms with Crippen LogP contribution >= 0.6 is 11.3 Å². The fourth-order valence-corrected chi connectivity index (χ4v) is 4.81. The van der Waals surface area contributed by atoms with Crippen LogP contribution in [0.2, 0.25) is 0 Å². The van der Waals surface area contributed by atoms with Crippen molar-refractivity contribution in [3.63, 3.8) is 0 Å². The van der Waals surface area contributed by atoms with Gasteiger partial charge in [-0.2, -0.15) is 0 Å². The van der Waals surface area contributed by atoms with Gasteiger partial charge in [0, 0.05) is 31.3 Å². The van der Waals surface area contributed by atoms with E-state index >= 15 is 0 Å². The highest BCUT2D eigenvalue weighted by Crippen LogP contribution is 2.29. The van der Waals surface area contributed by atoms with Gasteiger partial charge in [0.05, 0.1) is 20.0 Å². The molecule has 0 unspecified atom stereocenters. The van der Waals surface area contributed by atoms with Crippen molar-refractivity contribution in [2.45, 2.75) is 24.7 Å². The van der Waals surface area contributed by atoms with Crippen molar-refractivity contribution in [3.8, 4) is 0 Å². The second-order valence-electron chi connectivity index (χ2n) is 6.59. The molecule has 1 amide bonds. The predicted octanol–water partition coefficient (Wildman–Crippen LogP) is 3.88. The number of hydrogen-bond donors (Lipinski definition) is 1. The van der Waals surface area contributed by atoms with Gasteiger partial charge >= 0.3 is 0 Å². The monoisotopic (exact) mass is 448 g/mol. The lowest BCUT2D eigenvalue weighted by Gasteiger charge is -2.16. The van der Waals surface area contributed by atoms with Gasteiger partial charge in [-0.15, -0.1) is 0 Å². The number of unbranched alkanes of at least 4 members (excludes halogenated alkanes) is 1. The Hall–Kier alpha value is -2.89. The minimum absolute atomic E-state index is 0.0512. The number of nitrogens with zero attached hydrogens (tertiary/aromatic N) is 3. The smallest absolute Gasteiger partial charge is 0.270 e. The average Bonchev–Trinajstić information content (AvgIpc) is 3.13. The number of nitrogens with one attached hydrogen (secondary N) is 1. The van der Waals surface area contributed by atoms with Crippen LogP contribution in [0.25, 0.3) is 10.2 Å². The van der Waals surface area contributed by atoms with E-state index in [1.165, 1.54) is 53.8 Å². The number of carbonyl (C=O) groups is 1. The number of sulfonamides is 1. The third-order valence-corrected chi connectivity index (χ3v) is 7.26. The second kappa shape index (κ2) is 8.86. The van der Waals surface area contributed by atoms with Gasteiger partial charge in [0.1, 0.15) is 0 Å². The van der Waals surface area contributed by atoms with Gasteiger partial charge in [0.2, 0.25) is 10.0 Å². The first-order valence-electron chi connectivity index (χ1n) is 9.15. The van der Waals surface area contributed by atoms with Crippen molar-refractivity contribution in [2.75, 3.05) is 18.9 Å². The average molecular weight is 449 g/mol. The first kappa shape index (κ1) is 21.8. The molecule has 3 rings (SSSR count). The molecular formula is C19H20N4O5S2. The summed E-state index contributed by atoms with van der Waals surface area (Å²) in [5.41, 5.74) is 0.762. The van der Waals surface area contributed by atoms with Crippen molar-refractivity contribution in [3.05, 3.63) is 58.1 Å². The zero-order valence-corrected chi connectivity index (χ0v) is 18.0. The lowest BCUT2D eigenvalue weighted by Crippen LogP contribution is -2.28. The summed E-state index contributed by atoms with van der Waals surface area (Å²) >= 11 is 1.12. The van der Waals surface area contributed by atoms with Crippen LogP contribution in [0.3, 0.4) is 0 Å². The number of anilines is 1. The maximum atomic E-state index is 12.6. The number of nitro benzene ring substituents is 1. The Morgan fingerprint density at radius 2 is 1.93 bits per heavy atom. The van der Waals surface area contributed by atoms with Gasteiger partial charge in [-0.3, -0.25) is 20.2 Å². The van der Waals surface area contributed by atoms with Crippen LogP contribution < -0.4 is 5.32 Å². The lowest BCUT2D eigenvalue weighted by atomic mass is 10.2. The molecular weight excluding hydrogens is 428 g/mol. The highest BCUT2D eigenvalue weighted by atomic mass is 32.2.